The van der Waals surface area contributed by atoms with Crippen LogP contribution in [0.5, 0.6) is 0 Å². The highest BCUT2D eigenvalue weighted by atomic mass is 14.7. The van der Waals surface area contributed by atoms with E-state index in [0.717, 1.165) is 5.69 Å². The second kappa shape index (κ2) is 5.63. The van der Waals surface area contributed by atoms with Gasteiger partial charge in [-0.3, -0.25) is 4.98 Å². The molecule has 0 aliphatic heterocycles. The monoisotopic (exact) mass is 237 g/mol. The van der Waals surface area contributed by atoms with Crippen molar-refractivity contribution < 1.29 is 0 Å². The van der Waals surface area contributed by atoms with Crippen LogP contribution >= 0.6 is 0 Å². The predicted molar refractivity (Wildman–Crippen MR) is 77.6 cm³/mol. The van der Waals surface area contributed by atoms with E-state index in [2.05, 4.69) is 62.2 Å². The Hall–Kier alpha value is -1.89. The Morgan fingerprint density at radius 2 is 1.78 bits per heavy atom. The average molecular weight is 237 g/mol. The highest BCUT2D eigenvalue weighted by Gasteiger charge is 2.01. The number of benzene rings is 1. The lowest BCUT2D eigenvalue weighted by molar-refractivity contribution is 0.911. The number of aromatic nitrogens is 1. The molecule has 1 heteroatoms. The van der Waals surface area contributed by atoms with E-state index >= 15 is 0 Å². The van der Waals surface area contributed by atoms with Crippen molar-refractivity contribution in [3.8, 4) is 0 Å². The number of allylic oxidation sites excluding steroid dienone is 1. The molecule has 0 aliphatic rings. The number of hydrogen-bond acceptors (Lipinski definition) is 1. The molecule has 2 rings (SSSR count). The number of nitrogens with zero attached hydrogens (tertiary/aromatic N) is 1. The fourth-order valence-electron chi connectivity index (χ4n) is 2.11. The van der Waals surface area contributed by atoms with Gasteiger partial charge >= 0.3 is 0 Å². The molecule has 0 N–H and O–H groups in total. The standard InChI is InChI=1S/C17H19N/c1-13-10-14(2)12-16(11-13)8-7-15(3)17-6-4-5-9-18-17/h4-12,15H,1-3H3/b8-7+. The SMILES string of the molecule is Cc1cc(C)cc(/C=C/C(C)c2ccccn2)c1. The van der Waals surface area contributed by atoms with Gasteiger partial charge in [-0.05, 0) is 31.5 Å². The second-order valence-electron chi connectivity index (χ2n) is 4.82. The minimum Gasteiger partial charge on any atom is -0.261 e. The summed E-state index contributed by atoms with van der Waals surface area (Å²) in [6, 6.07) is 12.6. The second-order valence-corrected chi connectivity index (χ2v) is 4.82. The lowest BCUT2D eigenvalue weighted by atomic mass is 10.0. The van der Waals surface area contributed by atoms with E-state index in [1.807, 2.05) is 18.3 Å². The molecule has 92 valence electrons. The van der Waals surface area contributed by atoms with Crippen molar-refractivity contribution in [1.82, 2.24) is 4.98 Å². The van der Waals surface area contributed by atoms with Crippen LogP contribution in [-0.2, 0) is 0 Å². The quantitative estimate of drug-likeness (QED) is 0.765. The Bertz CT molecular complexity index is 521. The van der Waals surface area contributed by atoms with Crippen LogP contribution in [0.1, 0.15) is 35.2 Å². The molecule has 2 aromatic rings. The maximum absolute atomic E-state index is 4.37. The van der Waals surface area contributed by atoms with E-state index in [-0.39, 0.29) is 0 Å². The largest absolute Gasteiger partial charge is 0.261 e. The van der Waals surface area contributed by atoms with Crippen molar-refractivity contribution in [2.45, 2.75) is 26.7 Å². The molecule has 1 atom stereocenters. The lowest BCUT2D eigenvalue weighted by Crippen LogP contribution is -1.92. The van der Waals surface area contributed by atoms with Crippen LogP contribution in [-0.4, -0.2) is 4.98 Å². The Kier molecular flexibility index (Phi) is 3.93. The van der Waals surface area contributed by atoms with E-state index in [9.17, 15) is 0 Å². The smallest absolute Gasteiger partial charge is 0.0469 e. The van der Waals surface area contributed by atoms with E-state index in [1.54, 1.807) is 0 Å². The Morgan fingerprint density at radius 3 is 2.39 bits per heavy atom. The predicted octanol–water partition coefficient (Wildman–Crippen LogP) is 4.52. The molecule has 0 saturated carbocycles. The minimum atomic E-state index is 0.340. The zero-order valence-corrected chi connectivity index (χ0v) is 11.2. The Morgan fingerprint density at radius 1 is 1.06 bits per heavy atom. The van der Waals surface area contributed by atoms with Crippen LogP contribution < -0.4 is 0 Å². The molecule has 0 fully saturated rings. The first-order chi connectivity index (χ1) is 8.65. The van der Waals surface area contributed by atoms with Crippen molar-refractivity contribution in [3.05, 3.63) is 71.1 Å². The molecule has 0 bridgehead atoms. The summed E-state index contributed by atoms with van der Waals surface area (Å²) in [5.41, 5.74) is 4.98. The van der Waals surface area contributed by atoms with Gasteiger partial charge in [0.25, 0.3) is 0 Å². The molecule has 1 unspecified atom stereocenters. The summed E-state index contributed by atoms with van der Waals surface area (Å²) in [6.07, 6.45) is 6.23. The summed E-state index contributed by atoms with van der Waals surface area (Å²) in [5, 5.41) is 0. The maximum atomic E-state index is 4.37. The number of hydrogen-bond donors (Lipinski definition) is 0. The first kappa shape index (κ1) is 12.6. The summed E-state index contributed by atoms with van der Waals surface area (Å²) in [6.45, 7) is 6.43. The summed E-state index contributed by atoms with van der Waals surface area (Å²) in [7, 11) is 0. The van der Waals surface area contributed by atoms with Gasteiger partial charge in [0, 0.05) is 17.8 Å². The van der Waals surface area contributed by atoms with Gasteiger partial charge in [0.05, 0.1) is 0 Å². The van der Waals surface area contributed by atoms with Gasteiger partial charge in [-0.15, -0.1) is 0 Å². The van der Waals surface area contributed by atoms with Crippen LogP contribution in [0.25, 0.3) is 6.08 Å². The van der Waals surface area contributed by atoms with E-state index in [0.29, 0.717) is 5.92 Å². The molecule has 1 nitrogen and oxygen atoms in total. The van der Waals surface area contributed by atoms with Gasteiger partial charge in [0.2, 0.25) is 0 Å². The lowest BCUT2D eigenvalue weighted by Gasteiger charge is -2.05. The third-order valence-electron chi connectivity index (χ3n) is 2.98. The third kappa shape index (κ3) is 3.30. The van der Waals surface area contributed by atoms with E-state index in [1.165, 1.54) is 16.7 Å². The van der Waals surface area contributed by atoms with Crippen LogP contribution in [0.2, 0.25) is 0 Å². The first-order valence-electron chi connectivity index (χ1n) is 6.32. The topological polar surface area (TPSA) is 12.9 Å². The van der Waals surface area contributed by atoms with Gasteiger partial charge in [-0.2, -0.15) is 0 Å². The van der Waals surface area contributed by atoms with Gasteiger partial charge in [-0.25, -0.2) is 0 Å². The molecule has 1 heterocycles. The normalized spacial score (nSPS) is 12.8. The molecule has 0 amide bonds. The number of rotatable bonds is 3. The summed E-state index contributed by atoms with van der Waals surface area (Å²) >= 11 is 0. The third-order valence-corrected chi connectivity index (χ3v) is 2.98. The maximum Gasteiger partial charge on any atom is 0.0469 e. The molecule has 18 heavy (non-hydrogen) atoms. The molecule has 1 aromatic carbocycles. The van der Waals surface area contributed by atoms with Crippen molar-refractivity contribution in [2.24, 2.45) is 0 Å². The summed E-state index contributed by atoms with van der Waals surface area (Å²) in [5.74, 6) is 0.340. The molecule has 0 spiro atoms. The van der Waals surface area contributed by atoms with Crippen LogP contribution in [0.15, 0.2) is 48.7 Å². The number of pyridine rings is 1. The minimum absolute atomic E-state index is 0.340. The summed E-state index contributed by atoms with van der Waals surface area (Å²) in [4.78, 5) is 4.37. The van der Waals surface area contributed by atoms with Crippen LogP contribution in [0.4, 0.5) is 0 Å². The first-order valence-corrected chi connectivity index (χ1v) is 6.32. The Balaban J connectivity index is 2.15. The van der Waals surface area contributed by atoms with Crippen molar-refractivity contribution >= 4 is 6.08 Å². The van der Waals surface area contributed by atoms with Crippen molar-refractivity contribution in [2.75, 3.05) is 0 Å². The van der Waals surface area contributed by atoms with Crippen LogP contribution in [0, 0.1) is 13.8 Å². The van der Waals surface area contributed by atoms with Gasteiger partial charge < -0.3 is 0 Å². The fourth-order valence-corrected chi connectivity index (χ4v) is 2.11. The van der Waals surface area contributed by atoms with Gasteiger partial charge in [-0.1, -0.05) is 54.5 Å². The van der Waals surface area contributed by atoms with E-state index < -0.39 is 0 Å². The molecule has 0 aliphatic carbocycles. The van der Waals surface area contributed by atoms with Crippen molar-refractivity contribution in [3.63, 3.8) is 0 Å². The molecular formula is C17H19N. The number of aryl methyl sites for hydroxylation is 2. The fraction of sp³-hybridized carbons (Fsp3) is 0.235. The Labute approximate surface area is 109 Å². The molecule has 0 radical (unpaired) electrons. The summed E-state index contributed by atoms with van der Waals surface area (Å²) < 4.78 is 0. The molecule has 0 saturated heterocycles. The zero-order valence-electron chi connectivity index (χ0n) is 11.2. The molecular weight excluding hydrogens is 218 g/mol. The van der Waals surface area contributed by atoms with Crippen molar-refractivity contribution in [1.29, 1.82) is 0 Å². The van der Waals surface area contributed by atoms with Gasteiger partial charge in [0.15, 0.2) is 0 Å². The average Bonchev–Trinajstić information content (AvgIpc) is 2.36. The highest BCUT2D eigenvalue weighted by Crippen LogP contribution is 2.16. The van der Waals surface area contributed by atoms with Crippen LogP contribution in [0.3, 0.4) is 0 Å². The molecule has 1 aromatic heterocycles. The van der Waals surface area contributed by atoms with E-state index in [4.69, 9.17) is 0 Å². The highest BCUT2D eigenvalue weighted by molar-refractivity contribution is 5.52. The van der Waals surface area contributed by atoms with Gasteiger partial charge in [0.1, 0.15) is 0 Å². The zero-order chi connectivity index (χ0) is 13.0.